The first-order valence-corrected chi connectivity index (χ1v) is 10.3. The first-order valence-electron chi connectivity index (χ1n) is 10.3. The number of aromatic nitrogens is 2. The van der Waals surface area contributed by atoms with Gasteiger partial charge in [-0.25, -0.2) is 4.79 Å². The Morgan fingerprint density at radius 3 is 2.52 bits per heavy atom. The van der Waals surface area contributed by atoms with E-state index in [9.17, 15) is 4.79 Å². The molecule has 0 aliphatic carbocycles. The van der Waals surface area contributed by atoms with Crippen LogP contribution in [0, 0.1) is 11.8 Å². The summed E-state index contributed by atoms with van der Waals surface area (Å²) in [6.45, 7) is 8.75. The highest BCUT2D eigenvalue weighted by Gasteiger charge is 2.24. The molecular weight excluding hydrogens is 366 g/mol. The number of ether oxygens (including phenoxy) is 1. The number of nitrogens with one attached hydrogen (secondary N) is 1. The molecule has 0 spiro atoms. The Kier molecular flexibility index (Phi) is 7.14. The molecule has 7 heteroatoms. The van der Waals surface area contributed by atoms with Crippen LogP contribution in [0.15, 0.2) is 36.5 Å². The van der Waals surface area contributed by atoms with Crippen LogP contribution < -0.4 is 10.1 Å². The fourth-order valence-electron chi connectivity index (χ4n) is 3.42. The number of benzene rings is 1. The third kappa shape index (κ3) is 6.49. The van der Waals surface area contributed by atoms with Gasteiger partial charge in [-0.3, -0.25) is 4.68 Å². The van der Waals surface area contributed by atoms with Crippen LogP contribution in [0.4, 0.5) is 4.79 Å². The monoisotopic (exact) mass is 399 g/mol. The van der Waals surface area contributed by atoms with Gasteiger partial charge in [0.15, 0.2) is 0 Å². The predicted octanol–water partition coefficient (Wildman–Crippen LogP) is 2.73. The van der Waals surface area contributed by atoms with E-state index >= 15 is 0 Å². The molecule has 1 fully saturated rings. The predicted molar refractivity (Wildman–Crippen MR) is 114 cm³/mol. The molecule has 0 unspecified atom stereocenters. The summed E-state index contributed by atoms with van der Waals surface area (Å²) in [6, 6.07) is 9.89. The Morgan fingerprint density at radius 1 is 1.21 bits per heavy atom. The van der Waals surface area contributed by atoms with Gasteiger partial charge in [0.2, 0.25) is 0 Å². The number of carbonyl (C=O) groups is 1. The molecule has 2 aromatic rings. The van der Waals surface area contributed by atoms with Gasteiger partial charge in [-0.05, 0) is 36.7 Å². The molecule has 1 saturated heterocycles. The van der Waals surface area contributed by atoms with Crippen molar-refractivity contribution in [2.24, 2.45) is 18.9 Å². The Balaban J connectivity index is 1.61. The van der Waals surface area contributed by atoms with Gasteiger partial charge in [0, 0.05) is 45.3 Å². The van der Waals surface area contributed by atoms with Crippen LogP contribution in [-0.2, 0) is 20.1 Å². The van der Waals surface area contributed by atoms with E-state index in [1.165, 1.54) is 0 Å². The van der Waals surface area contributed by atoms with Gasteiger partial charge in [-0.1, -0.05) is 26.0 Å². The van der Waals surface area contributed by atoms with Crippen molar-refractivity contribution >= 4 is 6.03 Å². The normalized spacial score (nSPS) is 14.7. The number of amides is 2. The third-order valence-corrected chi connectivity index (χ3v) is 4.97. The minimum Gasteiger partial charge on any atom is -0.493 e. The molecule has 1 aliphatic rings. The van der Waals surface area contributed by atoms with Crippen molar-refractivity contribution in [3.63, 3.8) is 0 Å². The topological polar surface area (TPSA) is 62.6 Å². The van der Waals surface area contributed by atoms with E-state index < -0.39 is 0 Å². The molecule has 1 aromatic carbocycles. The van der Waals surface area contributed by atoms with E-state index in [2.05, 4.69) is 36.2 Å². The van der Waals surface area contributed by atoms with Gasteiger partial charge in [0.05, 0.1) is 18.8 Å². The number of rotatable bonds is 9. The van der Waals surface area contributed by atoms with E-state index in [0.717, 1.165) is 30.1 Å². The summed E-state index contributed by atoms with van der Waals surface area (Å²) in [5.74, 6) is 1.89. The van der Waals surface area contributed by atoms with E-state index in [1.807, 2.05) is 48.5 Å². The van der Waals surface area contributed by atoms with Gasteiger partial charge >= 0.3 is 6.03 Å². The van der Waals surface area contributed by atoms with Crippen LogP contribution in [0.1, 0.15) is 25.1 Å². The average Bonchev–Trinajstić information content (AvgIpc) is 3.07. The quantitative estimate of drug-likeness (QED) is 0.704. The van der Waals surface area contributed by atoms with Crippen LogP contribution in [0.5, 0.6) is 5.75 Å². The smallest absolute Gasteiger partial charge is 0.318 e. The minimum absolute atomic E-state index is 0.0506. The van der Waals surface area contributed by atoms with E-state index in [-0.39, 0.29) is 6.03 Å². The van der Waals surface area contributed by atoms with E-state index in [1.54, 1.807) is 4.68 Å². The summed E-state index contributed by atoms with van der Waals surface area (Å²) in [6.07, 6.45) is 1.90. The Bertz CT molecular complexity index is 781. The molecule has 2 heterocycles. The van der Waals surface area contributed by atoms with Crippen LogP contribution in [0.25, 0.3) is 0 Å². The highest BCUT2D eigenvalue weighted by molar-refractivity contribution is 5.74. The van der Waals surface area contributed by atoms with Crippen molar-refractivity contribution in [1.82, 2.24) is 24.9 Å². The maximum absolute atomic E-state index is 12.9. The number of likely N-dealkylation sites (tertiary alicyclic amines) is 1. The molecule has 0 saturated carbocycles. The molecule has 3 rings (SSSR count). The van der Waals surface area contributed by atoms with Gasteiger partial charge < -0.3 is 19.9 Å². The zero-order valence-electron chi connectivity index (χ0n) is 18.0. The van der Waals surface area contributed by atoms with Crippen molar-refractivity contribution in [3.05, 3.63) is 47.8 Å². The van der Waals surface area contributed by atoms with Crippen molar-refractivity contribution in [3.8, 4) is 5.75 Å². The standard InChI is InChI=1S/C22H33N5O2/c1-17(2)16-29-21-7-5-18(6-8-21)14-27(15-20-9-10-26(4)24-20)22(28)23-11-19-12-25(3)13-19/h5-10,17,19H,11-16H2,1-4H3,(H,23,28). The van der Waals surface area contributed by atoms with Gasteiger partial charge in [-0.2, -0.15) is 5.10 Å². The van der Waals surface area contributed by atoms with Gasteiger partial charge in [0.1, 0.15) is 5.75 Å². The average molecular weight is 400 g/mol. The second kappa shape index (κ2) is 9.78. The minimum atomic E-state index is -0.0506. The van der Waals surface area contributed by atoms with Crippen LogP contribution >= 0.6 is 0 Å². The second-order valence-corrected chi connectivity index (χ2v) is 8.46. The largest absolute Gasteiger partial charge is 0.493 e. The molecule has 158 valence electrons. The number of aryl methyl sites for hydroxylation is 1. The number of urea groups is 1. The molecule has 0 bridgehead atoms. The fourth-order valence-corrected chi connectivity index (χ4v) is 3.42. The molecule has 0 radical (unpaired) electrons. The lowest BCUT2D eigenvalue weighted by atomic mass is 10.0. The molecule has 2 amide bonds. The number of hydrogen-bond acceptors (Lipinski definition) is 4. The SMILES string of the molecule is CC(C)COc1ccc(CN(Cc2ccn(C)n2)C(=O)NCC2CN(C)C2)cc1. The van der Waals surface area contributed by atoms with Crippen molar-refractivity contribution in [2.75, 3.05) is 33.3 Å². The lowest BCUT2D eigenvalue weighted by molar-refractivity contribution is 0.129. The van der Waals surface area contributed by atoms with Crippen molar-refractivity contribution in [1.29, 1.82) is 0 Å². The molecule has 7 nitrogen and oxygen atoms in total. The molecule has 1 aliphatic heterocycles. The van der Waals surface area contributed by atoms with E-state index in [0.29, 0.717) is 38.1 Å². The fraction of sp³-hybridized carbons (Fsp3) is 0.545. The van der Waals surface area contributed by atoms with Gasteiger partial charge in [-0.15, -0.1) is 0 Å². The van der Waals surface area contributed by atoms with Crippen LogP contribution in [0.2, 0.25) is 0 Å². The highest BCUT2D eigenvalue weighted by atomic mass is 16.5. The molecule has 1 aromatic heterocycles. The van der Waals surface area contributed by atoms with Crippen molar-refractivity contribution < 1.29 is 9.53 Å². The Hall–Kier alpha value is -2.54. The first-order chi connectivity index (χ1) is 13.9. The molecule has 0 atom stereocenters. The van der Waals surface area contributed by atoms with Crippen LogP contribution in [0.3, 0.4) is 0 Å². The second-order valence-electron chi connectivity index (χ2n) is 8.46. The zero-order valence-corrected chi connectivity index (χ0v) is 18.0. The summed E-state index contributed by atoms with van der Waals surface area (Å²) < 4.78 is 7.52. The maximum Gasteiger partial charge on any atom is 0.318 e. The summed E-state index contributed by atoms with van der Waals surface area (Å²) in [7, 11) is 3.98. The highest BCUT2D eigenvalue weighted by Crippen LogP contribution is 2.16. The number of hydrogen-bond donors (Lipinski definition) is 1. The molecule has 1 N–H and O–H groups in total. The first kappa shape index (κ1) is 21.2. The molecular formula is C22H33N5O2. The summed E-state index contributed by atoms with van der Waals surface area (Å²) in [4.78, 5) is 16.9. The number of carbonyl (C=O) groups excluding carboxylic acids is 1. The lowest BCUT2D eigenvalue weighted by Gasteiger charge is -2.36. The maximum atomic E-state index is 12.9. The third-order valence-electron chi connectivity index (χ3n) is 4.97. The van der Waals surface area contributed by atoms with Crippen LogP contribution in [-0.4, -0.2) is 58.9 Å². The van der Waals surface area contributed by atoms with Crippen molar-refractivity contribution in [2.45, 2.75) is 26.9 Å². The van der Waals surface area contributed by atoms with Gasteiger partial charge in [0.25, 0.3) is 0 Å². The molecule has 29 heavy (non-hydrogen) atoms. The summed E-state index contributed by atoms with van der Waals surface area (Å²) in [5, 5.41) is 7.53. The zero-order chi connectivity index (χ0) is 20.8. The lowest BCUT2D eigenvalue weighted by Crippen LogP contribution is -2.51. The summed E-state index contributed by atoms with van der Waals surface area (Å²) >= 11 is 0. The summed E-state index contributed by atoms with van der Waals surface area (Å²) in [5.41, 5.74) is 1.94. The Morgan fingerprint density at radius 2 is 1.93 bits per heavy atom. The Labute approximate surface area is 173 Å². The number of nitrogens with zero attached hydrogens (tertiary/aromatic N) is 4. The van der Waals surface area contributed by atoms with E-state index in [4.69, 9.17) is 4.74 Å².